The fourth-order valence-corrected chi connectivity index (χ4v) is 1.56. The molecule has 0 saturated heterocycles. The summed E-state index contributed by atoms with van der Waals surface area (Å²) >= 11 is 0. The van der Waals surface area contributed by atoms with Gasteiger partial charge in [-0.05, 0) is 24.3 Å². The molecular formula is C13H11N3O3. The van der Waals surface area contributed by atoms with Crippen LogP contribution in [0, 0.1) is 0 Å². The van der Waals surface area contributed by atoms with Crippen molar-refractivity contribution in [2.75, 3.05) is 11.9 Å². The van der Waals surface area contributed by atoms with Gasteiger partial charge in [0.1, 0.15) is 11.5 Å². The molecule has 0 atom stereocenters. The summed E-state index contributed by atoms with van der Waals surface area (Å²) in [6.07, 6.45) is 2.93. The maximum Gasteiger partial charge on any atom is 0.338 e. The molecule has 1 N–H and O–H groups in total. The van der Waals surface area contributed by atoms with Crippen molar-refractivity contribution < 1.29 is 14.7 Å². The molecule has 6 nitrogen and oxygen atoms in total. The minimum Gasteiger partial charge on any atom is -0.478 e. The SMILES string of the molecule is CN(C(=O)c1ncccc1C(=O)O)c1ccccn1. The van der Waals surface area contributed by atoms with E-state index in [9.17, 15) is 9.59 Å². The van der Waals surface area contributed by atoms with Crippen molar-refractivity contribution in [3.05, 3.63) is 54.0 Å². The third-order valence-corrected chi connectivity index (χ3v) is 2.54. The Bertz CT molecular complexity index is 614. The molecule has 0 aromatic carbocycles. The van der Waals surface area contributed by atoms with Crippen LogP contribution in [0.15, 0.2) is 42.7 Å². The second kappa shape index (κ2) is 5.26. The third-order valence-electron chi connectivity index (χ3n) is 2.54. The summed E-state index contributed by atoms with van der Waals surface area (Å²) in [5.41, 5.74) is -0.238. The first-order chi connectivity index (χ1) is 9.11. The number of carboxylic acids is 1. The lowest BCUT2D eigenvalue weighted by molar-refractivity contribution is 0.0691. The average Bonchev–Trinajstić information content (AvgIpc) is 2.46. The van der Waals surface area contributed by atoms with Gasteiger partial charge in [-0.25, -0.2) is 9.78 Å². The molecule has 2 rings (SSSR count). The van der Waals surface area contributed by atoms with Gasteiger partial charge >= 0.3 is 5.97 Å². The molecule has 2 heterocycles. The lowest BCUT2D eigenvalue weighted by Gasteiger charge is -2.16. The zero-order chi connectivity index (χ0) is 13.8. The summed E-state index contributed by atoms with van der Waals surface area (Å²) in [5, 5.41) is 9.04. The van der Waals surface area contributed by atoms with Crippen LogP contribution in [0.3, 0.4) is 0 Å². The number of carbonyl (C=O) groups excluding carboxylic acids is 1. The summed E-state index contributed by atoms with van der Waals surface area (Å²) in [5.74, 6) is -1.28. The van der Waals surface area contributed by atoms with Gasteiger partial charge in [0.2, 0.25) is 0 Å². The Morgan fingerprint density at radius 3 is 2.47 bits per heavy atom. The number of carbonyl (C=O) groups is 2. The van der Waals surface area contributed by atoms with Crippen molar-refractivity contribution in [3.8, 4) is 0 Å². The van der Waals surface area contributed by atoms with Gasteiger partial charge in [0.15, 0.2) is 0 Å². The van der Waals surface area contributed by atoms with Gasteiger partial charge in [0, 0.05) is 19.4 Å². The van der Waals surface area contributed by atoms with E-state index >= 15 is 0 Å². The molecule has 19 heavy (non-hydrogen) atoms. The molecule has 0 saturated carbocycles. The van der Waals surface area contributed by atoms with E-state index in [1.807, 2.05) is 0 Å². The lowest BCUT2D eigenvalue weighted by atomic mass is 10.2. The Morgan fingerprint density at radius 2 is 1.84 bits per heavy atom. The predicted molar refractivity (Wildman–Crippen MR) is 68.2 cm³/mol. The summed E-state index contributed by atoms with van der Waals surface area (Å²) in [4.78, 5) is 32.4. The number of hydrogen-bond acceptors (Lipinski definition) is 4. The molecule has 0 radical (unpaired) electrons. The monoisotopic (exact) mass is 257 g/mol. The first-order valence-corrected chi connectivity index (χ1v) is 5.48. The Morgan fingerprint density at radius 1 is 1.11 bits per heavy atom. The van der Waals surface area contributed by atoms with E-state index < -0.39 is 11.9 Å². The van der Waals surface area contributed by atoms with Crippen LogP contribution in [0.1, 0.15) is 20.8 Å². The lowest BCUT2D eigenvalue weighted by Crippen LogP contribution is -2.29. The van der Waals surface area contributed by atoms with E-state index in [2.05, 4.69) is 9.97 Å². The Labute approximate surface area is 109 Å². The number of anilines is 1. The molecule has 0 unspecified atom stereocenters. The first-order valence-electron chi connectivity index (χ1n) is 5.48. The molecule has 96 valence electrons. The van der Waals surface area contributed by atoms with E-state index in [0.29, 0.717) is 5.82 Å². The fraction of sp³-hybridized carbons (Fsp3) is 0.0769. The first kappa shape index (κ1) is 12.7. The van der Waals surface area contributed by atoms with Gasteiger partial charge in [-0.15, -0.1) is 0 Å². The predicted octanol–water partition coefficient (Wildman–Crippen LogP) is 1.45. The second-order valence-corrected chi connectivity index (χ2v) is 3.76. The van der Waals surface area contributed by atoms with Crippen LogP contribution >= 0.6 is 0 Å². The normalized spacial score (nSPS) is 9.95. The molecule has 2 aromatic heterocycles. The minimum atomic E-state index is -1.19. The fourth-order valence-electron chi connectivity index (χ4n) is 1.56. The van der Waals surface area contributed by atoms with Crippen molar-refractivity contribution in [2.45, 2.75) is 0 Å². The largest absolute Gasteiger partial charge is 0.478 e. The zero-order valence-electron chi connectivity index (χ0n) is 10.1. The molecule has 6 heteroatoms. The molecule has 0 bridgehead atoms. The van der Waals surface area contributed by atoms with Crippen LogP contribution in [0.25, 0.3) is 0 Å². The minimum absolute atomic E-state index is 0.108. The quantitative estimate of drug-likeness (QED) is 0.899. The standard InChI is InChI=1S/C13H11N3O3/c1-16(10-6-2-3-7-14-10)12(17)11-9(13(18)19)5-4-8-15-11/h2-8H,1H3,(H,18,19). The van der Waals surface area contributed by atoms with Gasteiger partial charge in [-0.3, -0.25) is 14.7 Å². The topological polar surface area (TPSA) is 83.4 Å². The Hall–Kier alpha value is -2.76. The van der Waals surface area contributed by atoms with Gasteiger partial charge in [0.25, 0.3) is 5.91 Å². The number of aromatic nitrogens is 2. The second-order valence-electron chi connectivity index (χ2n) is 3.76. The highest BCUT2D eigenvalue weighted by Crippen LogP contribution is 2.13. The van der Waals surface area contributed by atoms with Crippen molar-refractivity contribution in [1.29, 1.82) is 0 Å². The van der Waals surface area contributed by atoms with Crippen LogP contribution in [-0.4, -0.2) is 34.0 Å². The van der Waals surface area contributed by atoms with Crippen molar-refractivity contribution in [1.82, 2.24) is 9.97 Å². The van der Waals surface area contributed by atoms with E-state index in [-0.39, 0.29) is 11.3 Å². The van der Waals surface area contributed by atoms with Crippen LogP contribution in [0.2, 0.25) is 0 Å². The molecule has 0 fully saturated rings. The third kappa shape index (κ3) is 2.57. The average molecular weight is 257 g/mol. The number of amides is 1. The molecule has 0 aliphatic carbocycles. The molecule has 0 spiro atoms. The maximum atomic E-state index is 12.2. The maximum absolute atomic E-state index is 12.2. The van der Waals surface area contributed by atoms with Crippen molar-refractivity contribution in [2.24, 2.45) is 0 Å². The molecule has 1 amide bonds. The van der Waals surface area contributed by atoms with Gasteiger partial charge in [-0.1, -0.05) is 6.07 Å². The van der Waals surface area contributed by atoms with E-state index in [0.717, 1.165) is 0 Å². The van der Waals surface area contributed by atoms with E-state index in [1.54, 1.807) is 24.4 Å². The highest BCUT2D eigenvalue weighted by atomic mass is 16.4. The molecule has 0 aliphatic rings. The number of rotatable bonds is 3. The van der Waals surface area contributed by atoms with Gasteiger partial charge < -0.3 is 5.11 Å². The van der Waals surface area contributed by atoms with Gasteiger partial charge in [0.05, 0.1) is 5.56 Å². The van der Waals surface area contributed by atoms with Crippen LogP contribution in [-0.2, 0) is 0 Å². The smallest absolute Gasteiger partial charge is 0.338 e. The highest BCUT2D eigenvalue weighted by Gasteiger charge is 2.22. The number of carboxylic acid groups (broad SMARTS) is 1. The highest BCUT2D eigenvalue weighted by molar-refractivity contribution is 6.09. The van der Waals surface area contributed by atoms with Gasteiger partial charge in [-0.2, -0.15) is 0 Å². The Balaban J connectivity index is 2.38. The van der Waals surface area contributed by atoms with Crippen LogP contribution < -0.4 is 4.90 Å². The molecule has 2 aromatic rings. The van der Waals surface area contributed by atoms with Crippen LogP contribution in [0.4, 0.5) is 5.82 Å². The van der Waals surface area contributed by atoms with E-state index in [1.165, 1.54) is 30.3 Å². The van der Waals surface area contributed by atoms with Crippen LogP contribution in [0.5, 0.6) is 0 Å². The summed E-state index contributed by atoms with van der Waals surface area (Å²) in [7, 11) is 1.52. The van der Waals surface area contributed by atoms with Crippen molar-refractivity contribution >= 4 is 17.7 Å². The number of aromatic carboxylic acids is 1. The molecule has 0 aliphatic heterocycles. The summed E-state index contributed by atoms with van der Waals surface area (Å²) < 4.78 is 0. The number of nitrogens with zero attached hydrogens (tertiary/aromatic N) is 3. The molecular weight excluding hydrogens is 246 g/mol. The Kier molecular flexibility index (Phi) is 3.51. The summed E-state index contributed by atoms with van der Waals surface area (Å²) in [6.45, 7) is 0. The van der Waals surface area contributed by atoms with Crippen molar-refractivity contribution in [3.63, 3.8) is 0 Å². The zero-order valence-corrected chi connectivity index (χ0v) is 10.1. The number of hydrogen-bond donors (Lipinski definition) is 1. The number of pyridine rings is 2. The van der Waals surface area contributed by atoms with E-state index in [4.69, 9.17) is 5.11 Å². The summed E-state index contributed by atoms with van der Waals surface area (Å²) in [6, 6.07) is 7.94.